The standard InChI is InChI=1S/C17H18BrNO2/c1-12-9-14(16(20)7-8-19)10-15(18)17(12)21-11-13-5-3-2-4-6-13/h2-6,9-10H,7-8,11,19H2,1H3. The molecule has 110 valence electrons. The van der Waals surface area contributed by atoms with Crippen molar-refractivity contribution in [2.45, 2.75) is 20.0 Å². The molecule has 0 aliphatic heterocycles. The Kier molecular flexibility index (Phi) is 5.53. The highest BCUT2D eigenvalue weighted by atomic mass is 79.9. The quantitative estimate of drug-likeness (QED) is 0.807. The molecule has 4 heteroatoms. The van der Waals surface area contributed by atoms with Crippen molar-refractivity contribution >= 4 is 21.7 Å². The third kappa shape index (κ3) is 4.16. The number of carbonyl (C=O) groups is 1. The molecular weight excluding hydrogens is 330 g/mol. The van der Waals surface area contributed by atoms with Crippen molar-refractivity contribution in [2.24, 2.45) is 5.73 Å². The van der Waals surface area contributed by atoms with Gasteiger partial charge in [0.2, 0.25) is 0 Å². The van der Waals surface area contributed by atoms with Crippen molar-refractivity contribution in [1.82, 2.24) is 0 Å². The Morgan fingerprint density at radius 1 is 1.24 bits per heavy atom. The van der Waals surface area contributed by atoms with Crippen LogP contribution in [0, 0.1) is 6.92 Å². The molecule has 0 aliphatic carbocycles. The average Bonchev–Trinajstić information content (AvgIpc) is 2.47. The van der Waals surface area contributed by atoms with E-state index in [9.17, 15) is 4.79 Å². The van der Waals surface area contributed by atoms with Crippen LogP contribution in [0.1, 0.15) is 27.9 Å². The molecule has 0 atom stereocenters. The van der Waals surface area contributed by atoms with E-state index in [2.05, 4.69) is 15.9 Å². The molecule has 0 fully saturated rings. The zero-order valence-electron chi connectivity index (χ0n) is 11.9. The second-order valence-corrected chi connectivity index (χ2v) is 5.69. The molecule has 0 amide bonds. The molecule has 0 bridgehead atoms. The number of Topliss-reactive ketones (excluding diaryl/α,β-unsaturated/α-hetero) is 1. The van der Waals surface area contributed by atoms with Gasteiger partial charge in [0.15, 0.2) is 5.78 Å². The maximum Gasteiger partial charge on any atom is 0.164 e. The van der Waals surface area contributed by atoms with Gasteiger partial charge < -0.3 is 10.5 Å². The third-order valence-electron chi connectivity index (χ3n) is 3.15. The van der Waals surface area contributed by atoms with Crippen molar-refractivity contribution in [3.63, 3.8) is 0 Å². The van der Waals surface area contributed by atoms with E-state index in [-0.39, 0.29) is 5.78 Å². The van der Waals surface area contributed by atoms with E-state index >= 15 is 0 Å². The first kappa shape index (κ1) is 15.7. The SMILES string of the molecule is Cc1cc(C(=O)CCN)cc(Br)c1OCc1ccccc1. The van der Waals surface area contributed by atoms with Gasteiger partial charge in [-0.2, -0.15) is 0 Å². The lowest BCUT2D eigenvalue weighted by Gasteiger charge is -2.13. The number of ketones is 1. The van der Waals surface area contributed by atoms with E-state index in [1.54, 1.807) is 6.07 Å². The summed E-state index contributed by atoms with van der Waals surface area (Å²) in [5.41, 5.74) is 8.13. The fourth-order valence-corrected chi connectivity index (χ4v) is 2.75. The molecule has 2 rings (SSSR count). The lowest BCUT2D eigenvalue weighted by atomic mass is 10.1. The van der Waals surface area contributed by atoms with E-state index < -0.39 is 0 Å². The monoisotopic (exact) mass is 347 g/mol. The van der Waals surface area contributed by atoms with Gasteiger partial charge in [-0.15, -0.1) is 0 Å². The predicted octanol–water partition coefficient (Wildman–Crippen LogP) is 3.87. The second-order valence-electron chi connectivity index (χ2n) is 4.84. The summed E-state index contributed by atoms with van der Waals surface area (Å²) >= 11 is 3.48. The molecular formula is C17H18BrNO2. The van der Waals surface area contributed by atoms with Crippen LogP contribution >= 0.6 is 15.9 Å². The van der Waals surface area contributed by atoms with Gasteiger partial charge >= 0.3 is 0 Å². The smallest absolute Gasteiger partial charge is 0.164 e. The number of hydrogen-bond donors (Lipinski definition) is 1. The maximum atomic E-state index is 11.9. The fourth-order valence-electron chi connectivity index (χ4n) is 2.08. The minimum Gasteiger partial charge on any atom is -0.487 e. The summed E-state index contributed by atoms with van der Waals surface area (Å²) in [6, 6.07) is 13.6. The summed E-state index contributed by atoms with van der Waals surface area (Å²) in [7, 11) is 0. The Hall–Kier alpha value is -1.65. The molecule has 21 heavy (non-hydrogen) atoms. The normalized spacial score (nSPS) is 10.4. The molecule has 2 N–H and O–H groups in total. The second kappa shape index (κ2) is 7.38. The predicted molar refractivity (Wildman–Crippen MR) is 87.7 cm³/mol. The molecule has 2 aromatic rings. The van der Waals surface area contributed by atoms with Crippen LogP contribution in [0.15, 0.2) is 46.9 Å². The van der Waals surface area contributed by atoms with Crippen LogP contribution in [0.5, 0.6) is 5.75 Å². The molecule has 0 aliphatic rings. The van der Waals surface area contributed by atoms with Crippen molar-refractivity contribution < 1.29 is 9.53 Å². The third-order valence-corrected chi connectivity index (χ3v) is 3.74. The number of hydrogen-bond acceptors (Lipinski definition) is 3. The van der Waals surface area contributed by atoms with Crippen molar-refractivity contribution in [3.05, 3.63) is 63.6 Å². The number of aryl methyl sites for hydroxylation is 1. The Morgan fingerprint density at radius 3 is 2.57 bits per heavy atom. The van der Waals surface area contributed by atoms with Gasteiger partial charge in [-0.25, -0.2) is 0 Å². The first-order chi connectivity index (χ1) is 10.1. The summed E-state index contributed by atoms with van der Waals surface area (Å²) in [5.74, 6) is 0.819. The fraction of sp³-hybridized carbons (Fsp3) is 0.235. The topological polar surface area (TPSA) is 52.3 Å². The highest BCUT2D eigenvalue weighted by molar-refractivity contribution is 9.10. The highest BCUT2D eigenvalue weighted by Crippen LogP contribution is 2.31. The van der Waals surface area contributed by atoms with Gasteiger partial charge in [0.25, 0.3) is 0 Å². The molecule has 0 saturated heterocycles. The van der Waals surface area contributed by atoms with Gasteiger partial charge in [-0.1, -0.05) is 30.3 Å². The van der Waals surface area contributed by atoms with Gasteiger partial charge in [0.05, 0.1) is 4.47 Å². The zero-order chi connectivity index (χ0) is 15.2. The van der Waals surface area contributed by atoms with Crippen LogP contribution in [-0.4, -0.2) is 12.3 Å². The summed E-state index contributed by atoms with van der Waals surface area (Å²) < 4.78 is 6.66. The van der Waals surface area contributed by atoms with Crippen LogP contribution in [0.4, 0.5) is 0 Å². The lowest BCUT2D eigenvalue weighted by Crippen LogP contribution is -2.09. The number of nitrogens with two attached hydrogens (primary N) is 1. The number of rotatable bonds is 6. The van der Waals surface area contributed by atoms with Gasteiger partial charge in [-0.3, -0.25) is 4.79 Å². The average molecular weight is 348 g/mol. The number of benzene rings is 2. The minimum atomic E-state index is 0.0518. The van der Waals surface area contributed by atoms with E-state index in [1.165, 1.54) is 0 Å². The molecule has 0 heterocycles. The Bertz CT molecular complexity index is 603. The van der Waals surface area contributed by atoms with E-state index in [1.807, 2.05) is 43.3 Å². The molecule has 0 radical (unpaired) electrons. The van der Waals surface area contributed by atoms with Crippen LogP contribution in [0.3, 0.4) is 0 Å². The van der Waals surface area contributed by atoms with Crippen molar-refractivity contribution in [2.75, 3.05) is 6.54 Å². The minimum absolute atomic E-state index is 0.0518. The Labute approximate surface area is 133 Å². The lowest BCUT2D eigenvalue weighted by molar-refractivity contribution is 0.0985. The van der Waals surface area contributed by atoms with Crippen molar-refractivity contribution in [3.8, 4) is 5.75 Å². The first-order valence-corrected chi connectivity index (χ1v) is 7.61. The summed E-state index contributed by atoms with van der Waals surface area (Å²) in [6.45, 7) is 2.79. The van der Waals surface area contributed by atoms with Crippen LogP contribution in [0.25, 0.3) is 0 Å². The Balaban J connectivity index is 2.15. The summed E-state index contributed by atoms with van der Waals surface area (Å²) in [5, 5.41) is 0. The van der Waals surface area contributed by atoms with Gasteiger partial charge in [-0.05, 0) is 52.7 Å². The molecule has 3 nitrogen and oxygen atoms in total. The van der Waals surface area contributed by atoms with Crippen LogP contribution in [0.2, 0.25) is 0 Å². The van der Waals surface area contributed by atoms with Crippen molar-refractivity contribution in [1.29, 1.82) is 0 Å². The Morgan fingerprint density at radius 2 is 1.95 bits per heavy atom. The largest absolute Gasteiger partial charge is 0.487 e. The molecule has 0 saturated carbocycles. The molecule has 0 spiro atoms. The van der Waals surface area contributed by atoms with E-state index in [4.69, 9.17) is 10.5 Å². The van der Waals surface area contributed by atoms with Gasteiger partial charge in [0, 0.05) is 12.0 Å². The molecule has 0 aromatic heterocycles. The first-order valence-electron chi connectivity index (χ1n) is 6.82. The number of carbonyl (C=O) groups excluding carboxylic acids is 1. The molecule has 0 unspecified atom stereocenters. The summed E-state index contributed by atoms with van der Waals surface area (Å²) in [4.78, 5) is 11.9. The maximum absolute atomic E-state index is 11.9. The molecule has 2 aromatic carbocycles. The van der Waals surface area contributed by atoms with E-state index in [0.717, 1.165) is 21.3 Å². The van der Waals surface area contributed by atoms with Crippen LogP contribution in [-0.2, 0) is 6.61 Å². The summed E-state index contributed by atoms with van der Waals surface area (Å²) in [6.07, 6.45) is 0.357. The van der Waals surface area contributed by atoms with E-state index in [0.29, 0.717) is 25.1 Å². The van der Waals surface area contributed by atoms with Gasteiger partial charge in [0.1, 0.15) is 12.4 Å². The number of ether oxygens (including phenoxy) is 1. The van der Waals surface area contributed by atoms with Crippen LogP contribution < -0.4 is 10.5 Å². The number of halogens is 1. The highest BCUT2D eigenvalue weighted by Gasteiger charge is 2.12. The zero-order valence-corrected chi connectivity index (χ0v) is 13.5.